The van der Waals surface area contributed by atoms with Crippen LogP contribution < -0.4 is 5.32 Å². The molecule has 0 saturated carbocycles. The number of halogens is 1. The SMILES string of the molecule is CC(C)CNCc1nc(-c2ccccc2Br)cs1. The number of hydrogen-bond acceptors (Lipinski definition) is 3. The normalized spacial score (nSPS) is 11.1. The van der Waals surface area contributed by atoms with Gasteiger partial charge in [-0.1, -0.05) is 48.0 Å². The maximum atomic E-state index is 4.66. The predicted octanol–water partition coefficient (Wildman–Crippen LogP) is 4.32. The van der Waals surface area contributed by atoms with Crippen molar-refractivity contribution in [3.63, 3.8) is 0 Å². The van der Waals surface area contributed by atoms with Crippen LogP contribution in [0.15, 0.2) is 34.1 Å². The molecule has 4 heteroatoms. The number of benzene rings is 1. The minimum atomic E-state index is 0.674. The quantitative estimate of drug-likeness (QED) is 0.886. The molecule has 1 heterocycles. The summed E-state index contributed by atoms with van der Waals surface area (Å²) < 4.78 is 1.09. The van der Waals surface area contributed by atoms with Gasteiger partial charge in [0.2, 0.25) is 0 Å². The Balaban J connectivity index is 2.04. The Hall–Kier alpha value is -0.710. The summed E-state index contributed by atoms with van der Waals surface area (Å²) in [6.07, 6.45) is 0. The van der Waals surface area contributed by atoms with Crippen molar-refractivity contribution < 1.29 is 0 Å². The highest BCUT2D eigenvalue weighted by Gasteiger charge is 2.07. The molecule has 2 rings (SSSR count). The highest BCUT2D eigenvalue weighted by molar-refractivity contribution is 9.10. The minimum absolute atomic E-state index is 0.674. The van der Waals surface area contributed by atoms with Crippen LogP contribution in [-0.4, -0.2) is 11.5 Å². The van der Waals surface area contributed by atoms with Crippen LogP contribution in [0.1, 0.15) is 18.9 Å². The van der Waals surface area contributed by atoms with Crippen molar-refractivity contribution in [2.45, 2.75) is 20.4 Å². The maximum absolute atomic E-state index is 4.66. The molecule has 2 aromatic rings. The lowest BCUT2D eigenvalue weighted by molar-refractivity contribution is 0.551. The molecule has 1 aromatic carbocycles. The van der Waals surface area contributed by atoms with E-state index in [-0.39, 0.29) is 0 Å². The molecule has 1 aromatic heterocycles. The van der Waals surface area contributed by atoms with E-state index in [2.05, 4.69) is 51.5 Å². The lowest BCUT2D eigenvalue weighted by Gasteiger charge is -2.04. The van der Waals surface area contributed by atoms with Gasteiger partial charge in [-0.2, -0.15) is 0 Å². The zero-order valence-corrected chi connectivity index (χ0v) is 13.0. The van der Waals surface area contributed by atoms with Crippen LogP contribution >= 0.6 is 27.3 Å². The number of nitrogens with one attached hydrogen (secondary N) is 1. The van der Waals surface area contributed by atoms with E-state index in [1.54, 1.807) is 11.3 Å². The standard InChI is InChI=1S/C14H17BrN2S/c1-10(2)7-16-8-14-17-13(9-18-14)11-5-3-4-6-12(11)15/h3-6,9-10,16H,7-8H2,1-2H3. The Morgan fingerprint density at radius 2 is 2.11 bits per heavy atom. The molecule has 2 nitrogen and oxygen atoms in total. The molecule has 18 heavy (non-hydrogen) atoms. The van der Waals surface area contributed by atoms with Crippen molar-refractivity contribution in [3.05, 3.63) is 39.1 Å². The summed E-state index contributed by atoms with van der Waals surface area (Å²) in [6.45, 7) is 6.31. The van der Waals surface area contributed by atoms with Crippen molar-refractivity contribution in [1.82, 2.24) is 10.3 Å². The molecule has 0 saturated heterocycles. The highest BCUT2D eigenvalue weighted by Crippen LogP contribution is 2.28. The van der Waals surface area contributed by atoms with Crippen LogP contribution in [0.3, 0.4) is 0 Å². The highest BCUT2D eigenvalue weighted by atomic mass is 79.9. The van der Waals surface area contributed by atoms with E-state index in [4.69, 9.17) is 0 Å². The molecule has 0 aliphatic heterocycles. The summed E-state index contributed by atoms with van der Waals surface area (Å²) in [5.41, 5.74) is 2.21. The third kappa shape index (κ3) is 3.64. The van der Waals surface area contributed by atoms with E-state index in [0.29, 0.717) is 5.92 Å². The van der Waals surface area contributed by atoms with Crippen molar-refractivity contribution in [2.75, 3.05) is 6.54 Å². The van der Waals surface area contributed by atoms with E-state index in [9.17, 15) is 0 Å². The Bertz CT molecular complexity index is 508. The van der Waals surface area contributed by atoms with E-state index in [1.165, 1.54) is 0 Å². The molecule has 0 fully saturated rings. The maximum Gasteiger partial charge on any atom is 0.107 e. The van der Waals surface area contributed by atoms with Gasteiger partial charge in [-0.25, -0.2) is 4.98 Å². The van der Waals surface area contributed by atoms with Gasteiger partial charge in [-0.3, -0.25) is 0 Å². The summed E-state index contributed by atoms with van der Waals surface area (Å²) in [7, 11) is 0. The molecule has 0 radical (unpaired) electrons. The second-order valence-corrected chi connectivity index (χ2v) is 6.43. The summed E-state index contributed by atoms with van der Waals surface area (Å²) in [5.74, 6) is 0.674. The first-order valence-corrected chi connectivity index (χ1v) is 7.74. The van der Waals surface area contributed by atoms with Gasteiger partial charge >= 0.3 is 0 Å². The van der Waals surface area contributed by atoms with Crippen molar-refractivity contribution in [2.24, 2.45) is 5.92 Å². The summed E-state index contributed by atoms with van der Waals surface area (Å²) in [5, 5.41) is 6.67. The van der Waals surface area contributed by atoms with Crippen molar-refractivity contribution >= 4 is 27.3 Å². The summed E-state index contributed by atoms with van der Waals surface area (Å²) >= 11 is 5.27. The third-order valence-corrected chi connectivity index (χ3v) is 4.07. The Kier molecular flexibility index (Phi) is 4.92. The Morgan fingerprint density at radius 1 is 1.33 bits per heavy atom. The lowest BCUT2D eigenvalue weighted by Crippen LogP contribution is -2.18. The zero-order valence-electron chi connectivity index (χ0n) is 10.6. The molecule has 0 aliphatic rings. The van der Waals surface area contributed by atoms with E-state index in [0.717, 1.165) is 33.8 Å². The van der Waals surface area contributed by atoms with Gasteiger partial charge in [0.1, 0.15) is 5.01 Å². The van der Waals surface area contributed by atoms with Crippen LogP contribution in [0.4, 0.5) is 0 Å². The number of thiazole rings is 1. The van der Waals surface area contributed by atoms with Gasteiger partial charge in [-0.15, -0.1) is 11.3 Å². The largest absolute Gasteiger partial charge is 0.310 e. The zero-order chi connectivity index (χ0) is 13.0. The average Bonchev–Trinajstić information content (AvgIpc) is 2.78. The van der Waals surface area contributed by atoms with E-state index in [1.807, 2.05) is 18.2 Å². The first kappa shape index (κ1) is 13.7. The third-order valence-electron chi connectivity index (χ3n) is 2.53. The van der Waals surface area contributed by atoms with Crippen LogP contribution in [0.25, 0.3) is 11.3 Å². The van der Waals surface area contributed by atoms with E-state index < -0.39 is 0 Å². The molecule has 96 valence electrons. The number of hydrogen-bond donors (Lipinski definition) is 1. The molecule has 0 spiro atoms. The smallest absolute Gasteiger partial charge is 0.107 e. The van der Waals surface area contributed by atoms with Gasteiger partial charge < -0.3 is 5.32 Å². The molecule has 0 atom stereocenters. The second kappa shape index (κ2) is 6.45. The van der Waals surface area contributed by atoms with Gasteiger partial charge in [-0.05, 0) is 18.5 Å². The monoisotopic (exact) mass is 324 g/mol. The van der Waals surface area contributed by atoms with Gasteiger partial charge in [0, 0.05) is 22.0 Å². The van der Waals surface area contributed by atoms with E-state index >= 15 is 0 Å². The lowest BCUT2D eigenvalue weighted by atomic mass is 10.2. The average molecular weight is 325 g/mol. The van der Waals surface area contributed by atoms with Crippen LogP contribution in [0.5, 0.6) is 0 Å². The first-order valence-electron chi connectivity index (χ1n) is 6.07. The molecule has 0 unspecified atom stereocenters. The second-order valence-electron chi connectivity index (χ2n) is 4.63. The van der Waals surface area contributed by atoms with Crippen LogP contribution in [0, 0.1) is 5.92 Å². The molecule has 0 aliphatic carbocycles. The fourth-order valence-corrected chi connectivity index (χ4v) is 2.90. The van der Waals surface area contributed by atoms with Gasteiger partial charge in [0.15, 0.2) is 0 Å². The van der Waals surface area contributed by atoms with Gasteiger partial charge in [0.25, 0.3) is 0 Å². The van der Waals surface area contributed by atoms with Crippen LogP contribution in [0.2, 0.25) is 0 Å². The first-order chi connectivity index (χ1) is 8.66. The van der Waals surface area contributed by atoms with Crippen molar-refractivity contribution in [1.29, 1.82) is 0 Å². The fraction of sp³-hybridized carbons (Fsp3) is 0.357. The Morgan fingerprint density at radius 3 is 2.83 bits per heavy atom. The summed E-state index contributed by atoms with van der Waals surface area (Å²) in [6, 6.07) is 8.19. The molecular formula is C14H17BrN2S. The Labute approximate surface area is 121 Å². The molecule has 0 amide bonds. The molecular weight excluding hydrogens is 308 g/mol. The van der Waals surface area contributed by atoms with Gasteiger partial charge in [0.05, 0.1) is 5.69 Å². The van der Waals surface area contributed by atoms with Crippen LogP contribution in [-0.2, 0) is 6.54 Å². The molecule has 0 bridgehead atoms. The number of rotatable bonds is 5. The predicted molar refractivity (Wildman–Crippen MR) is 81.8 cm³/mol. The molecule has 1 N–H and O–H groups in total. The fourth-order valence-electron chi connectivity index (χ4n) is 1.65. The number of aromatic nitrogens is 1. The van der Waals surface area contributed by atoms with Crippen molar-refractivity contribution in [3.8, 4) is 11.3 Å². The topological polar surface area (TPSA) is 24.9 Å². The summed E-state index contributed by atoms with van der Waals surface area (Å²) in [4.78, 5) is 4.66. The minimum Gasteiger partial charge on any atom is -0.310 e. The number of nitrogens with zero attached hydrogens (tertiary/aromatic N) is 1.